The van der Waals surface area contributed by atoms with Crippen molar-refractivity contribution < 1.29 is 31.5 Å². The van der Waals surface area contributed by atoms with E-state index in [1.807, 2.05) is 4.90 Å². The smallest absolute Gasteiger partial charge is 0.417 e. The second kappa shape index (κ2) is 8.94. The van der Waals surface area contributed by atoms with Crippen LogP contribution in [0.25, 0.3) is 0 Å². The van der Waals surface area contributed by atoms with E-state index in [1.54, 1.807) is 24.0 Å². The number of aliphatic carboxylic acids is 1. The number of sulfone groups is 1. The lowest BCUT2D eigenvalue weighted by molar-refractivity contribution is -0.147. The third-order valence-corrected chi connectivity index (χ3v) is 8.81. The molecule has 2 unspecified atom stereocenters. The molecule has 1 aromatic heterocycles. The number of nitrogens with zero attached hydrogens (tertiary/aromatic N) is 3. The summed E-state index contributed by atoms with van der Waals surface area (Å²) < 4.78 is 65.3. The van der Waals surface area contributed by atoms with E-state index in [-0.39, 0.29) is 11.3 Å². The summed E-state index contributed by atoms with van der Waals surface area (Å²) >= 11 is 0. The monoisotopic (exact) mass is 509 g/mol. The van der Waals surface area contributed by atoms with Crippen molar-refractivity contribution in [2.75, 3.05) is 31.1 Å². The highest BCUT2D eigenvalue weighted by molar-refractivity contribution is 7.92. The van der Waals surface area contributed by atoms with Crippen LogP contribution in [0.3, 0.4) is 0 Å². The van der Waals surface area contributed by atoms with Gasteiger partial charge in [-0.25, -0.2) is 13.4 Å². The molecule has 0 spiro atoms. The molecule has 2 atom stereocenters. The van der Waals surface area contributed by atoms with Crippen molar-refractivity contribution in [3.05, 3.63) is 65.9 Å². The van der Waals surface area contributed by atoms with Gasteiger partial charge in [0.05, 0.1) is 15.9 Å². The topological polar surface area (TPSA) is 90.8 Å². The van der Waals surface area contributed by atoms with Crippen LogP contribution in [0.4, 0.5) is 19.0 Å². The maximum absolute atomic E-state index is 13.5. The van der Waals surface area contributed by atoms with Crippen molar-refractivity contribution in [2.45, 2.75) is 36.2 Å². The Morgan fingerprint density at radius 3 is 2.34 bits per heavy atom. The maximum atomic E-state index is 13.5. The quantitative estimate of drug-likeness (QED) is 0.597. The Morgan fingerprint density at radius 2 is 1.80 bits per heavy atom. The van der Waals surface area contributed by atoms with E-state index in [2.05, 4.69) is 11.6 Å². The maximum Gasteiger partial charge on any atom is 0.417 e. The SMILES string of the molecule is C=CC(N1CCN(c2ccc(C(F)(F)F)cn2)CC1)S(=O)(=O)c1ccc2c(c1)CC(C)(C(=O)O)C2. The molecule has 0 amide bonds. The van der Waals surface area contributed by atoms with Crippen molar-refractivity contribution in [2.24, 2.45) is 5.41 Å². The van der Waals surface area contributed by atoms with Gasteiger partial charge in [-0.05, 0) is 55.2 Å². The van der Waals surface area contributed by atoms with E-state index in [4.69, 9.17) is 0 Å². The first-order valence-corrected chi connectivity index (χ1v) is 12.6. The van der Waals surface area contributed by atoms with Crippen LogP contribution in [0.1, 0.15) is 23.6 Å². The summed E-state index contributed by atoms with van der Waals surface area (Å²) in [7, 11) is -3.83. The van der Waals surface area contributed by atoms with Gasteiger partial charge in [0.15, 0.2) is 9.84 Å². The normalized spacial score (nSPS) is 22.0. The first-order valence-electron chi connectivity index (χ1n) is 11.1. The Kier molecular flexibility index (Phi) is 6.43. The van der Waals surface area contributed by atoms with Gasteiger partial charge in [0.25, 0.3) is 0 Å². The number of hydrogen-bond acceptors (Lipinski definition) is 6. The van der Waals surface area contributed by atoms with Gasteiger partial charge < -0.3 is 10.0 Å². The Balaban J connectivity index is 1.47. The van der Waals surface area contributed by atoms with Gasteiger partial charge in [-0.3, -0.25) is 9.69 Å². The number of alkyl halides is 3. The van der Waals surface area contributed by atoms with Gasteiger partial charge in [-0.2, -0.15) is 13.2 Å². The minimum Gasteiger partial charge on any atom is -0.481 e. The first kappa shape index (κ1) is 25.2. The molecule has 0 bridgehead atoms. The number of anilines is 1. The van der Waals surface area contributed by atoms with Crippen molar-refractivity contribution in [1.82, 2.24) is 9.88 Å². The molecule has 1 saturated heterocycles. The summed E-state index contributed by atoms with van der Waals surface area (Å²) in [5.74, 6) is -0.516. The number of hydrogen-bond donors (Lipinski definition) is 1. The molecule has 4 rings (SSSR count). The minimum atomic E-state index is -4.46. The van der Waals surface area contributed by atoms with Crippen LogP contribution in [0.2, 0.25) is 0 Å². The van der Waals surface area contributed by atoms with Crippen LogP contribution in [0.15, 0.2) is 54.1 Å². The third-order valence-electron chi connectivity index (χ3n) is 6.78. The summed E-state index contributed by atoms with van der Waals surface area (Å²) in [4.78, 5) is 19.2. The van der Waals surface area contributed by atoms with Crippen LogP contribution in [0.5, 0.6) is 0 Å². The number of benzene rings is 1. The first-order chi connectivity index (χ1) is 16.3. The van der Waals surface area contributed by atoms with Crippen molar-refractivity contribution in [1.29, 1.82) is 0 Å². The van der Waals surface area contributed by atoms with Crippen LogP contribution in [-0.2, 0) is 33.6 Å². The molecule has 1 aliphatic carbocycles. The molecule has 7 nitrogen and oxygen atoms in total. The van der Waals surface area contributed by atoms with E-state index in [0.717, 1.165) is 23.4 Å². The van der Waals surface area contributed by atoms with Crippen molar-refractivity contribution in [3.63, 3.8) is 0 Å². The highest BCUT2D eigenvalue weighted by Gasteiger charge is 2.41. The number of halogens is 3. The molecule has 2 heterocycles. The van der Waals surface area contributed by atoms with E-state index in [0.29, 0.717) is 38.4 Å². The summed E-state index contributed by atoms with van der Waals surface area (Å²) in [6, 6.07) is 7.06. The zero-order valence-corrected chi connectivity index (χ0v) is 19.9. The molecule has 35 heavy (non-hydrogen) atoms. The lowest BCUT2D eigenvalue weighted by Gasteiger charge is -2.38. The number of rotatable bonds is 6. The third kappa shape index (κ3) is 4.79. The van der Waals surface area contributed by atoms with Crippen LogP contribution in [0, 0.1) is 5.41 Å². The predicted molar refractivity (Wildman–Crippen MR) is 124 cm³/mol. The summed E-state index contributed by atoms with van der Waals surface area (Å²) in [5.41, 5.74) is -0.222. The Bertz CT molecular complexity index is 1240. The average molecular weight is 510 g/mol. The number of carboxylic acid groups (broad SMARTS) is 1. The molecule has 1 fully saturated rings. The largest absolute Gasteiger partial charge is 0.481 e. The van der Waals surface area contributed by atoms with Gasteiger partial charge >= 0.3 is 12.1 Å². The average Bonchev–Trinajstić information content (AvgIpc) is 3.16. The molecule has 0 radical (unpaired) electrons. The molecule has 1 N–H and O–H groups in total. The number of carboxylic acids is 1. The molecule has 11 heteroatoms. The van der Waals surface area contributed by atoms with Gasteiger partial charge in [0.2, 0.25) is 0 Å². The fourth-order valence-corrected chi connectivity index (χ4v) is 6.43. The number of carbonyl (C=O) groups is 1. The van der Waals surface area contributed by atoms with Crippen LogP contribution in [-0.4, -0.2) is 60.9 Å². The molecule has 1 aromatic carbocycles. The Labute approximate surface area is 201 Å². The van der Waals surface area contributed by atoms with Crippen molar-refractivity contribution in [3.8, 4) is 0 Å². The Morgan fingerprint density at radius 1 is 1.14 bits per heavy atom. The highest BCUT2D eigenvalue weighted by Crippen LogP contribution is 2.38. The fourth-order valence-electron chi connectivity index (χ4n) is 4.73. The number of aromatic nitrogens is 1. The zero-order chi connectivity index (χ0) is 25.6. The molecule has 2 aromatic rings. The van der Waals surface area contributed by atoms with E-state index in [1.165, 1.54) is 18.2 Å². The second-order valence-electron chi connectivity index (χ2n) is 9.25. The molecular weight excluding hydrogens is 483 g/mol. The molecule has 2 aliphatic rings. The van der Waals surface area contributed by atoms with E-state index < -0.39 is 38.3 Å². The highest BCUT2D eigenvalue weighted by atomic mass is 32.2. The van der Waals surface area contributed by atoms with Crippen molar-refractivity contribution >= 4 is 21.6 Å². The zero-order valence-electron chi connectivity index (χ0n) is 19.1. The minimum absolute atomic E-state index is 0.114. The van der Waals surface area contributed by atoms with E-state index in [9.17, 15) is 31.5 Å². The molecule has 1 aliphatic heterocycles. The molecule has 188 valence electrons. The van der Waals surface area contributed by atoms with Gasteiger partial charge in [0, 0.05) is 32.4 Å². The van der Waals surface area contributed by atoms with Gasteiger partial charge in [-0.15, -0.1) is 6.58 Å². The molecule has 0 saturated carbocycles. The van der Waals surface area contributed by atoms with Gasteiger partial charge in [-0.1, -0.05) is 12.1 Å². The Hall–Kier alpha value is -2.92. The van der Waals surface area contributed by atoms with Crippen LogP contribution < -0.4 is 4.90 Å². The number of pyridine rings is 1. The van der Waals surface area contributed by atoms with Crippen LogP contribution >= 0.6 is 0 Å². The fraction of sp³-hybridized carbons (Fsp3) is 0.417. The lowest BCUT2D eigenvalue weighted by Crippen LogP contribution is -2.52. The number of piperazine rings is 1. The summed E-state index contributed by atoms with van der Waals surface area (Å²) in [6.45, 7) is 6.85. The molecular formula is C24H26F3N3O4S. The predicted octanol–water partition coefficient (Wildman–Crippen LogP) is 3.40. The number of fused-ring (bicyclic) bond motifs is 1. The summed E-state index contributed by atoms with van der Waals surface area (Å²) in [6.07, 6.45) is -1.68. The van der Waals surface area contributed by atoms with Gasteiger partial charge in [0.1, 0.15) is 11.2 Å². The van der Waals surface area contributed by atoms with E-state index >= 15 is 0 Å². The lowest BCUT2D eigenvalue weighted by atomic mass is 9.88. The summed E-state index contributed by atoms with van der Waals surface area (Å²) in [5, 5.41) is 8.54. The second-order valence-corrected chi connectivity index (χ2v) is 11.3. The standard InChI is InChI=1S/C24H26F3N3O4S/c1-3-21(30-10-8-29(9-11-30)20-7-5-18(15-28-20)24(25,26)27)35(33,34)19-6-4-16-13-23(2,22(31)32)14-17(16)12-19/h3-7,12,15,21H,1,8-11,13-14H2,2H3,(H,31,32).